The van der Waals surface area contributed by atoms with Crippen LogP contribution in [-0.2, 0) is 11.3 Å². The fourth-order valence-corrected chi connectivity index (χ4v) is 3.78. The summed E-state index contributed by atoms with van der Waals surface area (Å²) in [5, 5.41) is 3.01. The van der Waals surface area contributed by atoms with E-state index in [1.54, 1.807) is 11.0 Å². The van der Waals surface area contributed by atoms with Crippen molar-refractivity contribution in [3.63, 3.8) is 0 Å². The van der Waals surface area contributed by atoms with Crippen molar-refractivity contribution in [3.8, 4) is 0 Å². The summed E-state index contributed by atoms with van der Waals surface area (Å²) in [6.07, 6.45) is 0. The second kappa shape index (κ2) is 7.69. The molecule has 3 aromatic carbocycles. The fourth-order valence-electron chi connectivity index (χ4n) is 3.78. The van der Waals surface area contributed by atoms with Crippen LogP contribution in [0.3, 0.4) is 0 Å². The molecule has 2 atom stereocenters. The highest BCUT2D eigenvalue weighted by Crippen LogP contribution is 2.39. The second-order valence-electron chi connectivity index (χ2n) is 6.99. The average Bonchev–Trinajstić information content (AvgIpc) is 3.05. The molecule has 0 radical (unpaired) electrons. The van der Waals surface area contributed by atoms with Crippen molar-refractivity contribution >= 4 is 11.8 Å². The smallest absolute Gasteiger partial charge is 0.255 e. The molecule has 1 aliphatic rings. The summed E-state index contributed by atoms with van der Waals surface area (Å²) in [6, 6.07) is 26.1. The summed E-state index contributed by atoms with van der Waals surface area (Å²) in [6.45, 7) is 2.40. The van der Waals surface area contributed by atoms with Gasteiger partial charge in [-0.2, -0.15) is 0 Å². The first-order valence-electron chi connectivity index (χ1n) is 9.45. The number of nitrogens with one attached hydrogen (secondary N) is 1. The number of amides is 2. The van der Waals surface area contributed by atoms with E-state index in [1.165, 1.54) is 0 Å². The molecule has 0 spiro atoms. The van der Waals surface area contributed by atoms with E-state index >= 15 is 0 Å². The van der Waals surface area contributed by atoms with Gasteiger partial charge in [0.15, 0.2) is 0 Å². The first-order chi connectivity index (χ1) is 13.7. The third-order valence-electron chi connectivity index (χ3n) is 5.26. The van der Waals surface area contributed by atoms with Gasteiger partial charge in [0, 0.05) is 12.1 Å². The standard InChI is InChI=1S/C24H22N2O2/c1-17(19-12-6-3-7-13-19)26-22(20-14-8-9-15-21(20)24(26)28)23(27)25-16-18-10-4-2-5-11-18/h2-15,17,22H,16H2,1H3,(H,25,27)/t17-,22+/m0/s1. The molecule has 1 aliphatic heterocycles. The summed E-state index contributed by atoms with van der Waals surface area (Å²) in [5.41, 5.74) is 3.40. The topological polar surface area (TPSA) is 49.4 Å². The molecule has 4 heteroatoms. The predicted octanol–water partition coefficient (Wildman–Crippen LogP) is 4.26. The van der Waals surface area contributed by atoms with Gasteiger partial charge in [-0.05, 0) is 29.7 Å². The van der Waals surface area contributed by atoms with Crippen LogP contribution in [-0.4, -0.2) is 16.7 Å². The summed E-state index contributed by atoms with van der Waals surface area (Å²) in [7, 11) is 0. The van der Waals surface area contributed by atoms with Gasteiger partial charge in [-0.25, -0.2) is 0 Å². The molecular formula is C24H22N2O2. The number of carbonyl (C=O) groups excluding carboxylic acids is 2. The Hall–Kier alpha value is -3.40. The van der Waals surface area contributed by atoms with E-state index in [1.807, 2.05) is 85.8 Å². The Morgan fingerprint density at radius 1 is 0.929 bits per heavy atom. The van der Waals surface area contributed by atoms with Crippen LogP contribution in [0.2, 0.25) is 0 Å². The Balaban J connectivity index is 1.64. The number of carbonyl (C=O) groups is 2. The highest BCUT2D eigenvalue weighted by Gasteiger charge is 2.43. The summed E-state index contributed by atoms with van der Waals surface area (Å²) in [4.78, 5) is 28.0. The van der Waals surface area contributed by atoms with Crippen LogP contribution >= 0.6 is 0 Å². The molecule has 2 amide bonds. The van der Waals surface area contributed by atoms with Gasteiger partial charge in [-0.1, -0.05) is 78.9 Å². The Kier molecular flexibility index (Phi) is 4.94. The van der Waals surface area contributed by atoms with Crippen LogP contribution in [0.5, 0.6) is 0 Å². The Bertz CT molecular complexity index is 986. The van der Waals surface area contributed by atoms with Crippen molar-refractivity contribution in [3.05, 3.63) is 107 Å². The van der Waals surface area contributed by atoms with E-state index in [-0.39, 0.29) is 17.9 Å². The number of hydrogen-bond acceptors (Lipinski definition) is 2. The SMILES string of the molecule is C[C@@H](c1ccccc1)N1C(=O)c2ccccc2[C@@H]1C(=O)NCc1ccccc1. The molecule has 0 aliphatic carbocycles. The molecule has 140 valence electrons. The normalized spacial score (nSPS) is 16.5. The van der Waals surface area contributed by atoms with Crippen molar-refractivity contribution in [1.82, 2.24) is 10.2 Å². The molecule has 3 aromatic rings. The molecule has 1 N–H and O–H groups in total. The highest BCUT2D eigenvalue weighted by molar-refractivity contribution is 6.04. The molecule has 0 aromatic heterocycles. The summed E-state index contributed by atoms with van der Waals surface area (Å²) < 4.78 is 0. The zero-order valence-corrected chi connectivity index (χ0v) is 15.7. The van der Waals surface area contributed by atoms with E-state index in [0.717, 1.165) is 16.7 Å². The first-order valence-corrected chi connectivity index (χ1v) is 9.45. The predicted molar refractivity (Wildman–Crippen MR) is 108 cm³/mol. The van der Waals surface area contributed by atoms with E-state index in [4.69, 9.17) is 0 Å². The lowest BCUT2D eigenvalue weighted by atomic mass is 10.0. The van der Waals surface area contributed by atoms with Gasteiger partial charge in [0.2, 0.25) is 5.91 Å². The van der Waals surface area contributed by atoms with Gasteiger partial charge < -0.3 is 10.2 Å². The Morgan fingerprint density at radius 3 is 2.25 bits per heavy atom. The molecule has 0 unspecified atom stereocenters. The maximum atomic E-state index is 13.2. The molecule has 0 fully saturated rings. The van der Waals surface area contributed by atoms with E-state index < -0.39 is 6.04 Å². The molecule has 0 bridgehead atoms. The van der Waals surface area contributed by atoms with Crippen molar-refractivity contribution in [2.24, 2.45) is 0 Å². The quantitative estimate of drug-likeness (QED) is 0.729. The summed E-state index contributed by atoms with van der Waals surface area (Å²) in [5.74, 6) is -0.267. The number of nitrogens with zero attached hydrogens (tertiary/aromatic N) is 1. The van der Waals surface area contributed by atoms with Crippen LogP contribution in [0, 0.1) is 0 Å². The van der Waals surface area contributed by atoms with E-state index in [9.17, 15) is 9.59 Å². The monoisotopic (exact) mass is 370 g/mol. The lowest BCUT2D eigenvalue weighted by Crippen LogP contribution is -2.40. The van der Waals surface area contributed by atoms with E-state index in [2.05, 4.69) is 5.32 Å². The zero-order valence-electron chi connectivity index (χ0n) is 15.7. The van der Waals surface area contributed by atoms with Crippen molar-refractivity contribution in [1.29, 1.82) is 0 Å². The molecule has 0 saturated heterocycles. The van der Waals surface area contributed by atoms with Crippen molar-refractivity contribution < 1.29 is 9.59 Å². The molecule has 1 heterocycles. The number of rotatable bonds is 5. The Morgan fingerprint density at radius 2 is 1.54 bits per heavy atom. The van der Waals surface area contributed by atoms with E-state index in [0.29, 0.717) is 12.1 Å². The molecule has 0 saturated carbocycles. The molecule has 4 rings (SSSR count). The van der Waals surface area contributed by atoms with Gasteiger partial charge in [-0.3, -0.25) is 9.59 Å². The highest BCUT2D eigenvalue weighted by atomic mass is 16.2. The largest absolute Gasteiger partial charge is 0.350 e. The van der Waals surface area contributed by atoms with Crippen molar-refractivity contribution in [2.75, 3.05) is 0 Å². The van der Waals surface area contributed by atoms with Crippen molar-refractivity contribution in [2.45, 2.75) is 25.6 Å². The molecule has 28 heavy (non-hydrogen) atoms. The van der Waals surface area contributed by atoms with Gasteiger partial charge in [0.1, 0.15) is 6.04 Å². The number of benzene rings is 3. The van der Waals surface area contributed by atoms with Gasteiger partial charge >= 0.3 is 0 Å². The van der Waals surface area contributed by atoms with Crippen LogP contribution in [0.25, 0.3) is 0 Å². The van der Waals surface area contributed by atoms with Gasteiger partial charge in [-0.15, -0.1) is 0 Å². The van der Waals surface area contributed by atoms with Crippen LogP contribution < -0.4 is 5.32 Å². The van der Waals surface area contributed by atoms with Crippen LogP contribution in [0.15, 0.2) is 84.9 Å². The van der Waals surface area contributed by atoms with Gasteiger partial charge in [0.05, 0.1) is 6.04 Å². The first kappa shape index (κ1) is 18.0. The lowest BCUT2D eigenvalue weighted by molar-refractivity contribution is -0.126. The number of fused-ring (bicyclic) bond motifs is 1. The maximum absolute atomic E-state index is 13.2. The zero-order chi connectivity index (χ0) is 19.5. The Labute approximate surface area is 164 Å². The third-order valence-corrected chi connectivity index (χ3v) is 5.26. The van der Waals surface area contributed by atoms with Crippen LogP contribution in [0.4, 0.5) is 0 Å². The third kappa shape index (κ3) is 3.29. The minimum absolute atomic E-state index is 0.105. The average molecular weight is 370 g/mol. The van der Waals surface area contributed by atoms with Gasteiger partial charge in [0.25, 0.3) is 5.91 Å². The molecular weight excluding hydrogens is 348 g/mol. The summed E-state index contributed by atoms with van der Waals surface area (Å²) >= 11 is 0. The van der Waals surface area contributed by atoms with Crippen LogP contribution in [0.1, 0.15) is 46.1 Å². The maximum Gasteiger partial charge on any atom is 0.255 e. The fraction of sp³-hybridized carbons (Fsp3) is 0.167. The molecule has 4 nitrogen and oxygen atoms in total. The minimum atomic E-state index is -0.636. The lowest BCUT2D eigenvalue weighted by Gasteiger charge is -2.31. The minimum Gasteiger partial charge on any atom is -0.350 e. The number of hydrogen-bond donors (Lipinski definition) is 1. The second-order valence-corrected chi connectivity index (χ2v) is 6.99.